The van der Waals surface area contributed by atoms with E-state index in [1.807, 2.05) is 36.4 Å². The highest BCUT2D eigenvalue weighted by Gasteiger charge is 2.07. The lowest BCUT2D eigenvalue weighted by atomic mass is 10.2. The van der Waals surface area contributed by atoms with Crippen LogP contribution in [0.4, 0.5) is 0 Å². The van der Waals surface area contributed by atoms with Gasteiger partial charge in [0.15, 0.2) is 0 Å². The van der Waals surface area contributed by atoms with Crippen LogP contribution in [0, 0.1) is 0 Å². The number of amides is 1. The zero-order valence-corrected chi connectivity index (χ0v) is 11.9. The number of aromatic nitrogens is 2. The first-order valence-corrected chi connectivity index (χ1v) is 6.99. The molecule has 3 aromatic rings. The Labute approximate surface area is 127 Å². The van der Waals surface area contributed by atoms with Gasteiger partial charge in [-0.2, -0.15) is 0 Å². The summed E-state index contributed by atoms with van der Waals surface area (Å²) in [7, 11) is 0. The molecule has 0 bridgehead atoms. The largest absolute Gasteiger partial charge is 0.350 e. The second-order valence-electron chi connectivity index (χ2n) is 4.96. The first-order valence-electron chi connectivity index (χ1n) is 6.99. The number of carbonyl (C=O) groups excluding carboxylic acids is 1. The van der Waals surface area contributed by atoms with E-state index in [2.05, 4.69) is 10.3 Å². The van der Waals surface area contributed by atoms with Crippen LogP contribution < -0.4 is 10.9 Å². The van der Waals surface area contributed by atoms with E-state index in [4.69, 9.17) is 0 Å². The number of nitrogens with one attached hydrogen (secondary N) is 1. The average molecular weight is 293 g/mol. The van der Waals surface area contributed by atoms with E-state index in [-0.39, 0.29) is 18.0 Å². The van der Waals surface area contributed by atoms with Crippen molar-refractivity contribution in [2.75, 3.05) is 0 Å². The molecule has 0 atom stereocenters. The summed E-state index contributed by atoms with van der Waals surface area (Å²) < 4.78 is 1.32. The SMILES string of the molecule is O=C(Cn1cnc2ccccc2c1=O)NCc1ccccc1. The van der Waals surface area contributed by atoms with Crippen molar-refractivity contribution in [2.24, 2.45) is 0 Å². The Morgan fingerprint density at radius 3 is 2.59 bits per heavy atom. The quantitative estimate of drug-likeness (QED) is 0.796. The van der Waals surface area contributed by atoms with Gasteiger partial charge in [-0.15, -0.1) is 0 Å². The predicted molar refractivity (Wildman–Crippen MR) is 84.3 cm³/mol. The van der Waals surface area contributed by atoms with Gasteiger partial charge in [-0.25, -0.2) is 4.98 Å². The molecule has 110 valence electrons. The van der Waals surface area contributed by atoms with Gasteiger partial charge in [0, 0.05) is 6.54 Å². The lowest BCUT2D eigenvalue weighted by Gasteiger charge is -2.08. The highest BCUT2D eigenvalue weighted by molar-refractivity contribution is 5.78. The van der Waals surface area contributed by atoms with Gasteiger partial charge in [0.1, 0.15) is 6.54 Å². The maximum atomic E-state index is 12.3. The predicted octanol–water partition coefficient (Wildman–Crippen LogP) is 1.71. The normalized spacial score (nSPS) is 10.5. The molecule has 0 aliphatic carbocycles. The summed E-state index contributed by atoms with van der Waals surface area (Å²) in [5, 5.41) is 3.31. The molecule has 3 rings (SSSR count). The number of carbonyl (C=O) groups is 1. The zero-order chi connectivity index (χ0) is 15.4. The van der Waals surface area contributed by atoms with Crippen molar-refractivity contribution in [3.63, 3.8) is 0 Å². The summed E-state index contributed by atoms with van der Waals surface area (Å²) in [6.45, 7) is 0.402. The molecule has 1 N–H and O–H groups in total. The number of hydrogen-bond acceptors (Lipinski definition) is 3. The molecule has 0 spiro atoms. The third-order valence-electron chi connectivity index (χ3n) is 3.38. The number of nitrogens with zero attached hydrogens (tertiary/aromatic N) is 2. The first-order chi connectivity index (χ1) is 10.7. The van der Waals surface area contributed by atoms with Gasteiger partial charge < -0.3 is 5.32 Å². The summed E-state index contributed by atoms with van der Waals surface area (Å²) in [6, 6.07) is 16.7. The minimum absolute atomic E-state index is 0.0382. The van der Waals surface area contributed by atoms with E-state index in [9.17, 15) is 9.59 Å². The molecule has 0 saturated heterocycles. The third kappa shape index (κ3) is 3.03. The fourth-order valence-electron chi connectivity index (χ4n) is 2.23. The van der Waals surface area contributed by atoms with Crippen molar-refractivity contribution in [1.82, 2.24) is 14.9 Å². The lowest BCUT2D eigenvalue weighted by molar-refractivity contribution is -0.121. The molecular formula is C17H15N3O2. The van der Waals surface area contributed by atoms with E-state index in [1.165, 1.54) is 10.9 Å². The highest BCUT2D eigenvalue weighted by Crippen LogP contribution is 2.04. The van der Waals surface area contributed by atoms with Gasteiger partial charge in [0.25, 0.3) is 5.56 Å². The Bertz CT molecular complexity index is 856. The van der Waals surface area contributed by atoms with Crippen molar-refractivity contribution in [3.05, 3.63) is 76.8 Å². The Morgan fingerprint density at radius 1 is 1.05 bits per heavy atom. The summed E-state index contributed by atoms with van der Waals surface area (Å²) in [4.78, 5) is 28.5. The van der Waals surface area contributed by atoms with Crippen molar-refractivity contribution in [2.45, 2.75) is 13.1 Å². The molecule has 2 aromatic carbocycles. The number of hydrogen-bond donors (Lipinski definition) is 1. The van der Waals surface area contributed by atoms with Gasteiger partial charge in [-0.05, 0) is 17.7 Å². The van der Waals surface area contributed by atoms with Crippen molar-refractivity contribution < 1.29 is 4.79 Å². The second kappa shape index (κ2) is 6.22. The molecule has 0 unspecified atom stereocenters. The van der Waals surface area contributed by atoms with Gasteiger partial charge in [-0.3, -0.25) is 14.2 Å². The minimum Gasteiger partial charge on any atom is -0.350 e. The Morgan fingerprint density at radius 2 is 1.77 bits per heavy atom. The maximum Gasteiger partial charge on any atom is 0.261 e. The standard InChI is InChI=1S/C17H15N3O2/c21-16(18-10-13-6-2-1-3-7-13)11-20-12-19-15-9-5-4-8-14(15)17(20)22/h1-9,12H,10-11H2,(H,18,21). The smallest absolute Gasteiger partial charge is 0.261 e. The van der Waals surface area contributed by atoms with Crippen LogP contribution in [0.2, 0.25) is 0 Å². The molecule has 0 aliphatic heterocycles. The van der Waals surface area contributed by atoms with Gasteiger partial charge in [-0.1, -0.05) is 42.5 Å². The second-order valence-corrected chi connectivity index (χ2v) is 4.96. The van der Waals surface area contributed by atoms with Crippen molar-refractivity contribution in [1.29, 1.82) is 0 Å². The fourth-order valence-corrected chi connectivity index (χ4v) is 2.23. The van der Waals surface area contributed by atoms with E-state index in [0.29, 0.717) is 17.4 Å². The van der Waals surface area contributed by atoms with Crippen LogP contribution in [0.25, 0.3) is 10.9 Å². The maximum absolute atomic E-state index is 12.3. The topological polar surface area (TPSA) is 64.0 Å². The number of fused-ring (bicyclic) bond motifs is 1. The Balaban J connectivity index is 1.72. The molecule has 0 saturated carbocycles. The van der Waals surface area contributed by atoms with Crippen LogP contribution in [0.15, 0.2) is 65.7 Å². The van der Waals surface area contributed by atoms with Crippen LogP contribution in [0.1, 0.15) is 5.56 Å². The summed E-state index contributed by atoms with van der Waals surface area (Å²) >= 11 is 0. The summed E-state index contributed by atoms with van der Waals surface area (Å²) in [6.07, 6.45) is 1.41. The molecule has 1 heterocycles. The molecule has 1 aromatic heterocycles. The molecule has 5 nitrogen and oxygen atoms in total. The average Bonchev–Trinajstić information content (AvgIpc) is 2.57. The van der Waals surface area contributed by atoms with Crippen molar-refractivity contribution in [3.8, 4) is 0 Å². The van der Waals surface area contributed by atoms with E-state index < -0.39 is 0 Å². The number of rotatable bonds is 4. The first kappa shape index (κ1) is 14.0. The van der Waals surface area contributed by atoms with Crippen LogP contribution in [0.3, 0.4) is 0 Å². The minimum atomic E-state index is -0.219. The van der Waals surface area contributed by atoms with Gasteiger partial charge in [0.05, 0.1) is 17.2 Å². The fraction of sp³-hybridized carbons (Fsp3) is 0.118. The molecule has 22 heavy (non-hydrogen) atoms. The Kier molecular flexibility index (Phi) is 3.96. The van der Waals surface area contributed by atoms with Crippen LogP contribution >= 0.6 is 0 Å². The lowest BCUT2D eigenvalue weighted by Crippen LogP contribution is -2.32. The van der Waals surface area contributed by atoms with Gasteiger partial charge >= 0.3 is 0 Å². The molecule has 0 radical (unpaired) electrons. The molecule has 0 aliphatic rings. The monoisotopic (exact) mass is 293 g/mol. The summed E-state index contributed by atoms with van der Waals surface area (Å²) in [5.41, 5.74) is 1.44. The molecule has 1 amide bonds. The van der Waals surface area contributed by atoms with Crippen LogP contribution in [0.5, 0.6) is 0 Å². The Hall–Kier alpha value is -2.95. The van der Waals surface area contributed by atoms with Crippen LogP contribution in [-0.2, 0) is 17.9 Å². The highest BCUT2D eigenvalue weighted by atomic mass is 16.2. The zero-order valence-electron chi connectivity index (χ0n) is 11.9. The van der Waals surface area contributed by atoms with Gasteiger partial charge in [0.2, 0.25) is 5.91 Å². The number of para-hydroxylation sites is 1. The van der Waals surface area contributed by atoms with Crippen LogP contribution in [-0.4, -0.2) is 15.5 Å². The van der Waals surface area contributed by atoms with E-state index >= 15 is 0 Å². The van der Waals surface area contributed by atoms with Crippen molar-refractivity contribution >= 4 is 16.8 Å². The molecular weight excluding hydrogens is 278 g/mol. The van der Waals surface area contributed by atoms with E-state index in [0.717, 1.165) is 5.56 Å². The number of benzene rings is 2. The molecule has 5 heteroatoms. The molecule has 0 fully saturated rings. The van der Waals surface area contributed by atoms with E-state index in [1.54, 1.807) is 18.2 Å². The third-order valence-corrected chi connectivity index (χ3v) is 3.38. The summed E-state index contributed by atoms with van der Waals surface area (Å²) in [5.74, 6) is -0.219.